The van der Waals surface area contributed by atoms with Gasteiger partial charge in [-0.05, 0) is 48.7 Å². The number of halogens is 2. The lowest BCUT2D eigenvalue weighted by Crippen LogP contribution is -2.15. The average molecular weight is 369 g/mol. The molecular formula is C16H15BrClNS. The van der Waals surface area contributed by atoms with Gasteiger partial charge in [0.25, 0.3) is 0 Å². The molecule has 0 unspecified atom stereocenters. The van der Waals surface area contributed by atoms with E-state index in [9.17, 15) is 0 Å². The molecule has 0 spiro atoms. The zero-order chi connectivity index (χ0) is 13.9. The van der Waals surface area contributed by atoms with E-state index in [1.165, 1.54) is 23.3 Å². The fraction of sp³-hybridized carbons (Fsp3) is 0.250. The fourth-order valence-electron chi connectivity index (χ4n) is 1.94. The van der Waals surface area contributed by atoms with Gasteiger partial charge in [0.2, 0.25) is 0 Å². The molecule has 0 amide bonds. The van der Waals surface area contributed by atoms with Crippen LogP contribution in [0.3, 0.4) is 0 Å². The molecule has 104 valence electrons. The van der Waals surface area contributed by atoms with E-state index >= 15 is 0 Å². The zero-order valence-electron chi connectivity index (χ0n) is 10.9. The molecule has 0 heterocycles. The summed E-state index contributed by atoms with van der Waals surface area (Å²) in [6.45, 7) is 0.938. The van der Waals surface area contributed by atoms with Crippen molar-refractivity contribution in [2.45, 2.75) is 35.2 Å². The quantitative estimate of drug-likeness (QED) is 0.747. The molecule has 1 nitrogen and oxygen atoms in total. The minimum atomic E-state index is 0.738. The van der Waals surface area contributed by atoms with Gasteiger partial charge in [0.1, 0.15) is 0 Å². The maximum absolute atomic E-state index is 6.01. The molecule has 0 radical (unpaired) electrons. The molecule has 1 aliphatic rings. The molecule has 2 aromatic carbocycles. The Labute approximate surface area is 137 Å². The van der Waals surface area contributed by atoms with Crippen LogP contribution < -0.4 is 5.32 Å². The fourth-order valence-corrected chi connectivity index (χ4v) is 3.79. The van der Waals surface area contributed by atoms with Crippen molar-refractivity contribution >= 4 is 39.3 Å². The molecule has 1 saturated carbocycles. The molecule has 0 aliphatic heterocycles. The van der Waals surface area contributed by atoms with Gasteiger partial charge in [-0.1, -0.05) is 51.4 Å². The number of hydrogen-bond acceptors (Lipinski definition) is 2. The first-order chi connectivity index (χ1) is 9.70. The molecule has 1 N–H and O–H groups in total. The predicted molar refractivity (Wildman–Crippen MR) is 89.6 cm³/mol. The third-order valence-corrected chi connectivity index (χ3v) is 5.17. The van der Waals surface area contributed by atoms with Crippen molar-refractivity contribution in [3.05, 3.63) is 57.5 Å². The third kappa shape index (κ3) is 4.01. The van der Waals surface area contributed by atoms with E-state index in [2.05, 4.69) is 45.5 Å². The van der Waals surface area contributed by atoms with Crippen LogP contribution in [0.25, 0.3) is 0 Å². The molecule has 0 aromatic heterocycles. The van der Waals surface area contributed by atoms with E-state index in [1.54, 1.807) is 11.8 Å². The number of rotatable bonds is 5. The van der Waals surface area contributed by atoms with Crippen molar-refractivity contribution in [2.75, 3.05) is 0 Å². The molecule has 0 saturated heterocycles. The maximum Gasteiger partial charge on any atom is 0.0417 e. The Bertz CT molecular complexity index is 613. The molecule has 3 rings (SSSR count). The number of benzene rings is 2. The second kappa shape index (κ2) is 6.52. The van der Waals surface area contributed by atoms with Crippen molar-refractivity contribution < 1.29 is 0 Å². The first-order valence-corrected chi connectivity index (χ1v) is 8.65. The van der Waals surface area contributed by atoms with Crippen LogP contribution in [0.5, 0.6) is 0 Å². The van der Waals surface area contributed by atoms with Crippen molar-refractivity contribution in [1.29, 1.82) is 0 Å². The minimum absolute atomic E-state index is 0.738. The molecule has 1 aliphatic carbocycles. The van der Waals surface area contributed by atoms with Crippen LogP contribution in [0.4, 0.5) is 0 Å². The molecular weight excluding hydrogens is 354 g/mol. The number of nitrogens with one attached hydrogen (secondary N) is 1. The van der Waals surface area contributed by atoms with Gasteiger partial charge in [-0.2, -0.15) is 0 Å². The standard InChI is InChI=1S/C16H15BrClNS/c17-16-9-15(20-14-3-1-2-12(18)8-14)7-4-11(16)10-19-13-5-6-13/h1-4,7-9,13,19H,5-6,10H2. The second-order valence-electron chi connectivity index (χ2n) is 4.97. The van der Waals surface area contributed by atoms with Gasteiger partial charge in [-0.15, -0.1) is 0 Å². The monoisotopic (exact) mass is 367 g/mol. The highest BCUT2D eigenvalue weighted by atomic mass is 79.9. The van der Waals surface area contributed by atoms with Crippen LogP contribution >= 0.6 is 39.3 Å². The Balaban J connectivity index is 1.69. The summed E-state index contributed by atoms with van der Waals surface area (Å²) < 4.78 is 1.16. The van der Waals surface area contributed by atoms with Gasteiger partial charge < -0.3 is 5.32 Å². The summed E-state index contributed by atoms with van der Waals surface area (Å²) in [7, 11) is 0. The Morgan fingerprint density at radius 2 is 1.95 bits per heavy atom. The van der Waals surface area contributed by atoms with Gasteiger partial charge in [0.15, 0.2) is 0 Å². The Hall–Kier alpha value is -0.480. The summed E-state index contributed by atoms with van der Waals surface area (Å²) in [6, 6.07) is 15.2. The van der Waals surface area contributed by atoms with Crippen LogP contribution in [0.15, 0.2) is 56.7 Å². The lowest BCUT2D eigenvalue weighted by molar-refractivity contribution is 0.685. The molecule has 2 aromatic rings. The largest absolute Gasteiger partial charge is 0.310 e. The Morgan fingerprint density at radius 3 is 2.65 bits per heavy atom. The zero-order valence-corrected chi connectivity index (χ0v) is 14.1. The normalized spacial score (nSPS) is 14.5. The van der Waals surface area contributed by atoms with Crippen LogP contribution in [0.1, 0.15) is 18.4 Å². The van der Waals surface area contributed by atoms with Crippen molar-refractivity contribution in [3.8, 4) is 0 Å². The van der Waals surface area contributed by atoms with Crippen molar-refractivity contribution in [2.24, 2.45) is 0 Å². The molecule has 0 atom stereocenters. The van der Waals surface area contributed by atoms with Gasteiger partial charge in [0, 0.05) is 31.9 Å². The second-order valence-corrected chi connectivity index (χ2v) is 7.41. The van der Waals surface area contributed by atoms with Crippen molar-refractivity contribution in [1.82, 2.24) is 5.32 Å². The summed E-state index contributed by atoms with van der Waals surface area (Å²) in [5.74, 6) is 0. The van der Waals surface area contributed by atoms with Gasteiger partial charge in [-0.25, -0.2) is 0 Å². The lowest BCUT2D eigenvalue weighted by Gasteiger charge is -2.08. The average Bonchev–Trinajstić information content (AvgIpc) is 3.22. The summed E-state index contributed by atoms with van der Waals surface area (Å²) in [5.41, 5.74) is 1.31. The van der Waals surface area contributed by atoms with Gasteiger partial charge in [-0.3, -0.25) is 0 Å². The highest BCUT2D eigenvalue weighted by Gasteiger charge is 2.20. The van der Waals surface area contributed by atoms with E-state index in [0.717, 1.165) is 27.0 Å². The summed E-state index contributed by atoms with van der Waals surface area (Å²) in [4.78, 5) is 2.38. The van der Waals surface area contributed by atoms with E-state index in [1.807, 2.05) is 18.2 Å². The highest BCUT2D eigenvalue weighted by Crippen LogP contribution is 2.32. The summed E-state index contributed by atoms with van der Waals surface area (Å²) >= 11 is 11.4. The minimum Gasteiger partial charge on any atom is -0.310 e. The van der Waals surface area contributed by atoms with E-state index in [0.29, 0.717) is 0 Å². The summed E-state index contributed by atoms with van der Waals surface area (Å²) in [6.07, 6.45) is 2.64. The maximum atomic E-state index is 6.01. The SMILES string of the molecule is Clc1cccc(Sc2ccc(CNC3CC3)c(Br)c2)c1. The predicted octanol–water partition coefficient (Wildman–Crippen LogP) is 5.51. The first kappa shape index (κ1) is 14.5. The summed E-state index contributed by atoms with van der Waals surface area (Å²) in [5, 5.41) is 4.31. The number of hydrogen-bond donors (Lipinski definition) is 1. The topological polar surface area (TPSA) is 12.0 Å². The van der Waals surface area contributed by atoms with Crippen LogP contribution in [0.2, 0.25) is 5.02 Å². The van der Waals surface area contributed by atoms with Crippen LogP contribution in [0, 0.1) is 0 Å². The molecule has 4 heteroatoms. The molecule has 1 fully saturated rings. The van der Waals surface area contributed by atoms with Crippen LogP contribution in [-0.2, 0) is 6.54 Å². The lowest BCUT2D eigenvalue weighted by atomic mass is 10.2. The Morgan fingerprint density at radius 1 is 1.15 bits per heavy atom. The smallest absolute Gasteiger partial charge is 0.0417 e. The first-order valence-electron chi connectivity index (χ1n) is 6.66. The molecule has 20 heavy (non-hydrogen) atoms. The van der Waals surface area contributed by atoms with Crippen molar-refractivity contribution in [3.63, 3.8) is 0 Å². The Kier molecular flexibility index (Phi) is 4.72. The van der Waals surface area contributed by atoms with Crippen LogP contribution in [-0.4, -0.2) is 6.04 Å². The van der Waals surface area contributed by atoms with E-state index in [-0.39, 0.29) is 0 Å². The van der Waals surface area contributed by atoms with Gasteiger partial charge >= 0.3 is 0 Å². The highest BCUT2D eigenvalue weighted by molar-refractivity contribution is 9.10. The van der Waals surface area contributed by atoms with E-state index in [4.69, 9.17) is 11.6 Å². The third-order valence-electron chi connectivity index (χ3n) is 3.21. The van der Waals surface area contributed by atoms with E-state index < -0.39 is 0 Å². The molecule has 0 bridgehead atoms. The van der Waals surface area contributed by atoms with Gasteiger partial charge in [0.05, 0.1) is 0 Å².